The summed E-state index contributed by atoms with van der Waals surface area (Å²) in [6, 6.07) is -0.625. The van der Waals surface area contributed by atoms with Gasteiger partial charge >= 0.3 is 0 Å². The Labute approximate surface area is 278 Å². The number of amides is 3. The molecule has 4 N–H and O–H groups in total. The summed E-state index contributed by atoms with van der Waals surface area (Å²) < 4.78 is 5.40. The van der Waals surface area contributed by atoms with E-state index in [-0.39, 0.29) is 49.6 Å². The summed E-state index contributed by atoms with van der Waals surface area (Å²) in [6.45, 7) is 6.71. The molecule has 2 aliphatic carbocycles. The van der Waals surface area contributed by atoms with Crippen LogP contribution in [0.25, 0.3) is 0 Å². The molecule has 1 aromatic rings. The van der Waals surface area contributed by atoms with Crippen LogP contribution in [0.2, 0.25) is 0 Å². The van der Waals surface area contributed by atoms with Crippen molar-refractivity contribution < 1.29 is 29.3 Å². The van der Waals surface area contributed by atoms with Gasteiger partial charge in [0.2, 0.25) is 17.7 Å². The smallest absolute Gasteiger partial charge is 0.242 e. The van der Waals surface area contributed by atoms with Crippen molar-refractivity contribution in [1.29, 1.82) is 0 Å². The normalized spacial score (nSPS) is 20.1. The van der Waals surface area contributed by atoms with Gasteiger partial charge in [-0.25, -0.2) is 4.98 Å². The number of carbonyl (C=O) groups excluding carboxylic acids is 3. The molecule has 260 valence electrons. The van der Waals surface area contributed by atoms with Crippen molar-refractivity contribution in [3.8, 4) is 0 Å². The van der Waals surface area contributed by atoms with E-state index in [1.54, 1.807) is 14.7 Å². The fraction of sp³-hybridized carbons (Fsp3) is 0.824. The minimum absolute atomic E-state index is 0.00967. The van der Waals surface area contributed by atoms with Gasteiger partial charge < -0.3 is 35.4 Å². The standard InChI is InChI=1S/C34H57N5O6S/c1-24(2)18-29(40)33(44)28(19-25-8-4-3-5-9-25)39(21-27-23-46-34(35)36-27)31(42)13-12-30(41)38(20-26-10-6-7-11-26)22-32(43)37-14-16-45-17-15-37/h23-26,28-29,33,40,44H,3-22H2,1-2H3,(H2,35,36)/t28-,29-,33+/m0/s1. The lowest BCUT2D eigenvalue weighted by molar-refractivity contribution is -0.146. The molecule has 3 amide bonds. The zero-order valence-electron chi connectivity index (χ0n) is 28.0. The lowest BCUT2D eigenvalue weighted by Crippen LogP contribution is -2.52. The number of aliphatic hydroxyl groups excluding tert-OH is 2. The minimum atomic E-state index is -1.13. The van der Waals surface area contributed by atoms with Gasteiger partial charge in [-0.3, -0.25) is 14.4 Å². The first-order valence-corrected chi connectivity index (χ1v) is 18.5. The molecular weight excluding hydrogens is 606 g/mol. The third-order valence-corrected chi connectivity index (χ3v) is 10.7. The van der Waals surface area contributed by atoms with E-state index in [0.29, 0.717) is 68.4 Å². The Morgan fingerprint density at radius 3 is 2.26 bits per heavy atom. The van der Waals surface area contributed by atoms with Crippen molar-refractivity contribution in [3.05, 3.63) is 11.1 Å². The molecule has 0 radical (unpaired) electrons. The number of aliphatic hydroxyl groups is 2. The first kappa shape index (κ1) is 36.6. The maximum atomic E-state index is 14.1. The van der Waals surface area contributed by atoms with Crippen molar-refractivity contribution >= 4 is 34.2 Å². The van der Waals surface area contributed by atoms with Gasteiger partial charge in [-0.1, -0.05) is 58.8 Å². The van der Waals surface area contributed by atoms with Crippen LogP contribution in [0.1, 0.15) is 103 Å². The average molecular weight is 664 g/mol. The predicted octanol–water partition coefficient (Wildman–Crippen LogP) is 3.82. The molecular formula is C34H57N5O6S. The highest BCUT2D eigenvalue weighted by molar-refractivity contribution is 7.13. The van der Waals surface area contributed by atoms with Gasteiger partial charge in [0.15, 0.2) is 5.13 Å². The monoisotopic (exact) mass is 663 g/mol. The highest BCUT2D eigenvalue weighted by atomic mass is 32.1. The zero-order chi connectivity index (χ0) is 33.1. The molecule has 3 fully saturated rings. The molecule has 2 heterocycles. The van der Waals surface area contributed by atoms with Crippen molar-refractivity contribution in [2.45, 2.75) is 122 Å². The molecule has 0 spiro atoms. The van der Waals surface area contributed by atoms with Gasteiger partial charge in [-0.15, -0.1) is 11.3 Å². The quantitative estimate of drug-likeness (QED) is 0.242. The number of nitrogen functional groups attached to an aromatic ring is 1. The van der Waals surface area contributed by atoms with Crippen molar-refractivity contribution in [2.24, 2.45) is 17.8 Å². The summed E-state index contributed by atoms with van der Waals surface area (Å²) >= 11 is 1.30. The molecule has 1 saturated heterocycles. The van der Waals surface area contributed by atoms with Crippen LogP contribution in [0.4, 0.5) is 5.13 Å². The van der Waals surface area contributed by atoms with Gasteiger partial charge in [0.25, 0.3) is 0 Å². The fourth-order valence-corrected chi connectivity index (χ4v) is 7.96. The van der Waals surface area contributed by atoms with E-state index in [4.69, 9.17) is 10.5 Å². The summed E-state index contributed by atoms with van der Waals surface area (Å²) in [5.74, 6) is 0.317. The van der Waals surface area contributed by atoms with E-state index in [1.165, 1.54) is 17.8 Å². The Bertz CT molecular complexity index is 1100. The molecule has 3 aliphatic rings. The molecule has 12 heteroatoms. The third kappa shape index (κ3) is 11.2. The van der Waals surface area contributed by atoms with E-state index in [2.05, 4.69) is 4.98 Å². The number of ether oxygens (including phenoxy) is 1. The average Bonchev–Trinajstić information content (AvgIpc) is 3.72. The Morgan fingerprint density at radius 1 is 1.00 bits per heavy atom. The Balaban J connectivity index is 1.51. The van der Waals surface area contributed by atoms with Gasteiger partial charge in [-0.2, -0.15) is 0 Å². The molecule has 0 bridgehead atoms. The van der Waals surface area contributed by atoms with Crippen LogP contribution in [-0.4, -0.2) is 105 Å². The summed E-state index contributed by atoms with van der Waals surface area (Å²) in [4.78, 5) is 50.5. The van der Waals surface area contributed by atoms with E-state index >= 15 is 0 Å². The van der Waals surface area contributed by atoms with Crippen molar-refractivity contribution in [2.75, 3.05) is 45.1 Å². The molecule has 0 unspecified atom stereocenters. The molecule has 1 aliphatic heterocycles. The second-order valence-electron chi connectivity index (χ2n) is 14.1. The van der Waals surface area contributed by atoms with Crippen LogP contribution in [0, 0.1) is 17.8 Å². The Morgan fingerprint density at radius 2 is 1.63 bits per heavy atom. The highest BCUT2D eigenvalue weighted by Crippen LogP contribution is 2.32. The lowest BCUT2D eigenvalue weighted by atomic mass is 9.81. The first-order valence-electron chi connectivity index (χ1n) is 17.6. The van der Waals surface area contributed by atoms with E-state index < -0.39 is 18.2 Å². The first-order chi connectivity index (χ1) is 22.1. The zero-order valence-corrected chi connectivity index (χ0v) is 28.8. The number of rotatable bonds is 16. The fourth-order valence-electron chi connectivity index (χ4n) is 7.41. The maximum absolute atomic E-state index is 14.1. The molecule has 0 aromatic carbocycles. The number of nitrogens with zero attached hydrogens (tertiary/aromatic N) is 4. The van der Waals surface area contributed by atoms with Crippen LogP contribution in [-0.2, 0) is 25.7 Å². The van der Waals surface area contributed by atoms with E-state index in [0.717, 1.165) is 51.4 Å². The molecule has 4 rings (SSSR count). The maximum Gasteiger partial charge on any atom is 0.242 e. The second-order valence-corrected chi connectivity index (χ2v) is 15.0. The number of aromatic nitrogens is 1. The molecule has 46 heavy (non-hydrogen) atoms. The van der Waals surface area contributed by atoms with Crippen LogP contribution in [0.5, 0.6) is 0 Å². The van der Waals surface area contributed by atoms with E-state index in [9.17, 15) is 24.6 Å². The number of hydrogen-bond acceptors (Lipinski definition) is 9. The molecule has 2 saturated carbocycles. The number of carbonyl (C=O) groups is 3. The van der Waals surface area contributed by atoms with Crippen molar-refractivity contribution in [1.82, 2.24) is 19.7 Å². The number of anilines is 1. The predicted molar refractivity (Wildman–Crippen MR) is 179 cm³/mol. The molecule has 1 aromatic heterocycles. The number of hydrogen-bond donors (Lipinski definition) is 3. The number of thiazole rings is 1. The number of nitrogens with two attached hydrogens (primary N) is 1. The van der Waals surface area contributed by atoms with Crippen LogP contribution in [0.3, 0.4) is 0 Å². The van der Waals surface area contributed by atoms with Gasteiger partial charge in [0.05, 0.1) is 44.1 Å². The Hall–Kier alpha value is -2.28. The lowest BCUT2D eigenvalue weighted by Gasteiger charge is -2.39. The SMILES string of the molecule is CC(C)C[C@H](O)[C@H](O)[C@H](CC1CCCCC1)N(Cc1csc(N)n1)C(=O)CCC(=O)N(CC(=O)N1CCOCC1)CC1CCCC1. The van der Waals surface area contributed by atoms with Crippen LogP contribution in [0.15, 0.2) is 5.38 Å². The third-order valence-electron chi connectivity index (χ3n) is 9.97. The summed E-state index contributed by atoms with van der Waals surface area (Å²) in [6.07, 6.45) is 8.62. The minimum Gasteiger partial charge on any atom is -0.390 e. The van der Waals surface area contributed by atoms with Gasteiger partial charge in [-0.05, 0) is 43.4 Å². The largest absolute Gasteiger partial charge is 0.390 e. The summed E-state index contributed by atoms with van der Waals surface area (Å²) in [5.41, 5.74) is 6.56. The molecule has 11 nitrogen and oxygen atoms in total. The highest BCUT2D eigenvalue weighted by Gasteiger charge is 2.37. The van der Waals surface area contributed by atoms with Crippen molar-refractivity contribution in [3.63, 3.8) is 0 Å². The van der Waals surface area contributed by atoms with Gasteiger partial charge in [0.1, 0.15) is 6.10 Å². The van der Waals surface area contributed by atoms with Crippen LogP contribution >= 0.6 is 11.3 Å². The topological polar surface area (TPSA) is 150 Å². The van der Waals surface area contributed by atoms with Gasteiger partial charge in [0, 0.05) is 37.9 Å². The summed E-state index contributed by atoms with van der Waals surface area (Å²) in [7, 11) is 0. The molecule has 3 atom stereocenters. The van der Waals surface area contributed by atoms with Crippen LogP contribution < -0.4 is 5.73 Å². The summed E-state index contributed by atoms with van der Waals surface area (Å²) in [5, 5.41) is 24.9. The second kappa shape index (κ2) is 18.3. The van der Waals surface area contributed by atoms with E-state index in [1.807, 2.05) is 19.2 Å². The number of morpholine rings is 1. The Kier molecular flexibility index (Phi) is 14.6.